The number of nitrogens with one attached hydrogen (secondary N) is 1. The molecular weight excluding hydrogens is 228 g/mol. The molecule has 0 spiro atoms. The van der Waals surface area contributed by atoms with Gasteiger partial charge >= 0.3 is 0 Å². The highest BCUT2D eigenvalue weighted by atomic mass is 32.1. The maximum atomic E-state index is 8.78. The Kier molecular flexibility index (Phi) is 4.20. The van der Waals surface area contributed by atoms with Crippen molar-refractivity contribution in [2.45, 2.75) is 45.7 Å². The van der Waals surface area contributed by atoms with Crippen molar-refractivity contribution >= 4 is 11.3 Å². The van der Waals surface area contributed by atoms with E-state index in [1.165, 1.54) is 24.1 Å². The van der Waals surface area contributed by atoms with Crippen LogP contribution < -0.4 is 5.32 Å². The fourth-order valence-electron chi connectivity index (χ4n) is 2.88. The summed E-state index contributed by atoms with van der Waals surface area (Å²) in [7, 11) is 0. The maximum absolute atomic E-state index is 8.78. The second-order valence-electron chi connectivity index (χ2n) is 4.97. The van der Waals surface area contributed by atoms with E-state index < -0.39 is 0 Å². The number of hydrogen-bond donors (Lipinski definition) is 1. The summed E-state index contributed by atoms with van der Waals surface area (Å²) in [5, 5.41) is 12.4. The second-order valence-corrected chi connectivity index (χ2v) is 6.14. The van der Waals surface area contributed by atoms with Gasteiger partial charge in [0.05, 0.1) is 0 Å². The van der Waals surface area contributed by atoms with Gasteiger partial charge in [0.1, 0.15) is 10.9 Å². The van der Waals surface area contributed by atoms with Gasteiger partial charge < -0.3 is 5.32 Å². The zero-order valence-electron chi connectivity index (χ0n) is 10.6. The van der Waals surface area contributed by atoms with Crippen LogP contribution in [0.2, 0.25) is 0 Å². The van der Waals surface area contributed by atoms with Crippen LogP contribution in [0.3, 0.4) is 0 Å². The molecule has 2 nitrogen and oxygen atoms in total. The van der Waals surface area contributed by atoms with Crippen LogP contribution in [0.1, 0.15) is 42.9 Å². The molecule has 17 heavy (non-hydrogen) atoms. The normalized spacial score (nSPS) is 28.2. The van der Waals surface area contributed by atoms with Gasteiger partial charge in [-0.2, -0.15) is 5.26 Å². The lowest BCUT2D eigenvalue weighted by molar-refractivity contribution is 0.345. The first-order valence-electron chi connectivity index (χ1n) is 6.46. The third-order valence-corrected chi connectivity index (χ3v) is 5.05. The molecule has 1 fully saturated rings. The molecule has 3 unspecified atom stereocenters. The highest BCUT2D eigenvalue weighted by Gasteiger charge is 2.30. The molecule has 0 radical (unpaired) electrons. The Morgan fingerprint density at radius 3 is 2.88 bits per heavy atom. The summed E-state index contributed by atoms with van der Waals surface area (Å²) in [5.74, 6) is 1.68. The molecule has 2 rings (SSSR count). The Bertz CT molecular complexity index is 405. The van der Waals surface area contributed by atoms with Crippen molar-refractivity contribution in [2.75, 3.05) is 0 Å². The molecule has 1 aromatic rings. The molecule has 1 heterocycles. The summed E-state index contributed by atoms with van der Waals surface area (Å²) in [4.78, 5) is 2.08. The van der Waals surface area contributed by atoms with E-state index in [0.29, 0.717) is 6.04 Å². The van der Waals surface area contributed by atoms with Crippen molar-refractivity contribution < 1.29 is 0 Å². The first-order valence-corrected chi connectivity index (χ1v) is 7.28. The standard InChI is InChI=1S/C14H20N2S/c1-3-11-4-7-14(10(11)2)16-9-13-6-5-12(8-15)17-13/h5-6,10-11,14,16H,3-4,7,9H2,1-2H3. The largest absolute Gasteiger partial charge is 0.309 e. The van der Waals surface area contributed by atoms with Gasteiger partial charge in [0.2, 0.25) is 0 Å². The first kappa shape index (κ1) is 12.6. The zero-order valence-corrected chi connectivity index (χ0v) is 11.4. The van der Waals surface area contributed by atoms with Crippen LogP contribution in [0, 0.1) is 23.2 Å². The van der Waals surface area contributed by atoms with Gasteiger partial charge in [-0.25, -0.2) is 0 Å². The molecule has 1 N–H and O–H groups in total. The topological polar surface area (TPSA) is 35.8 Å². The Morgan fingerprint density at radius 2 is 2.29 bits per heavy atom. The highest BCUT2D eigenvalue weighted by Crippen LogP contribution is 2.34. The summed E-state index contributed by atoms with van der Waals surface area (Å²) in [6.07, 6.45) is 3.97. The number of nitriles is 1. The Labute approximate surface area is 108 Å². The lowest BCUT2D eigenvalue weighted by Gasteiger charge is -2.20. The zero-order chi connectivity index (χ0) is 12.3. The van der Waals surface area contributed by atoms with Gasteiger partial charge in [-0.1, -0.05) is 20.3 Å². The first-order chi connectivity index (χ1) is 8.24. The van der Waals surface area contributed by atoms with Crippen molar-refractivity contribution in [1.82, 2.24) is 5.32 Å². The van der Waals surface area contributed by atoms with E-state index in [9.17, 15) is 0 Å². The molecule has 1 aliphatic rings. The highest BCUT2D eigenvalue weighted by molar-refractivity contribution is 7.12. The van der Waals surface area contributed by atoms with Gasteiger partial charge in [0, 0.05) is 17.5 Å². The van der Waals surface area contributed by atoms with Crippen molar-refractivity contribution in [3.05, 3.63) is 21.9 Å². The van der Waals surface area contributed by atoms with Crippen LogP contribution >= 0.6 is 11.3 Å². The van der Waals surface area contributed by atoms with E-state index in [1.807, 2.05) is 6.07 Å². The van der Waals surface area contributed by atoms with Gasteiger partial charge in [-0.05, 0) is 36.8 Å². The monoisotopic (exact) mass is 248 g/mol. The molecule has 1 aliphatic carbocycles. The van der Waals surface area contributed by atoms with Crippen LogP contribution in [0.5, 0.6) is 0 Å². The summed E-state index contributed by atoms with van der Waals surface area (Å²) < 4.78 is 0. The number of nitrogens with zero attached hydrogens (tertiary/aromatic N) is 1. The van der Waals surface area contributed by atoms with Gasteiger partial charge in [0.15, 0.2) is 0 Å². The quantitative estimate of drug-likeness (QED) is 0.884. The van der Waals surface area contributed by atoms with E-state index in [4.69, 9.17) is 5.26 Å². The number of thiophene rings is 1. The minimum atomic E-state index is 0.660. The molecule has 0 saturated heterocycles. The van der Waals surface area contributed by atoms with E-state index >= 15 is 0 Å². The molecular formula is C14H20N2S. The Hall–Kier alpha value is -0.850. The van der Waals surface area contributed by atoms with Crippen molar-refractivity contribution in [1.29, 1.82) is 5.26 Å². The fourth-order valence-corrected chi connectivity index (χ4v) is 3.63. The van der Waals surface area contributed by atoms with E-state index in [0.717, 1.165) is 23.3 Å². The van der Waals surface area contributed by atoms with E-state index in [2.05, 4.69) is 31.3 Å². The SMILES string of the molecule is CCC1CCC(NCc2ccc(C#N)s2)C1C. The third-order valence-electron chi connectivity index (χ3n) is 4.06. The predicted molar refractivity (Wildman–Crippen MR) is 71.8 cm³/mol. The molecule has 0 aromatic carbocycles. The summed E-state index contributed by atoms with van der Waals surface area (Å²) >= 11 is 1.60. The molecule has 3 atom stereocenters. The van der Waals surface area contributed by atoms with Crippen molar-refractivity contribution in [2.24, 2.45) is 11.8 Å². The molecule has 1 aromatic heterocycles. The lowest BCUT2D eigenvalue weighted by Crippen LogP contribution is -2.31. The molecule has 0 bridgehead atoms. The van der Waals surface area contributed by atoms with Crippen molar-refractivity contribution in [3.8, 4) is 6.07 Å². The summed E-state index contributed by atoms with van der Waals surface area (Å²) in [6, 6.07) is 6.82. The maximum Gasteiger partial charge on any atom is 0.110 e. The molecule has 92 valence electrons. The van der Waals surface area contributed by atoms with Gasteiger partial charge in [-0.3, -0.25) is 0 Å². The summed E-state index contributed by atoms with van der Waals surface area (Å²) in [5.41, 5.74) is 0. The van der Waals surface area contributed by atoms with Crippen LogP contribution in [-0.4, -0.2) is 6.04 Å². The van der Waals surface area contributed by atoms with E-state index in [1.54, 1.807) is 11.3 Å². The Morgan fingerprint density at radius 1 is 1.47 bits per heavy atom. The molecule has 0 amide bonds. The Balaban J connectivity index is 1.85. The number of hydrogen-bond acceptors (Lipinski definition) is 3. The summed E-state index contributed by atoms with van der Waals surface area (Å²) in [6.45, 7) is 5.58. The van der Waals surface area contributed by atoms with Crippen LogP contribution in [-0.2, 0) is 6.54 Å². The minimum absolute atomic E-state index is 0.660. The van der Waals surface area contributed by atoms with E-state index in [-0.39, 0.29) is 0 Å². The van der Waals surface area contributed by atoms with Gasteiger partial charge in [-0.15, -0.1) is 11.3 Å². The average molecular weight is 248 g/mol. The predicted octanol–water partition coefficient (Wildman–Crippen LogP) is 3.53. The smallest absolute Gasteiger partial charge is 0.110 e. The number of rotatable bonds is 4. The second kappa shape index (κ2) is 5.66. The average Bonchev–Trinajstić information content (AvgIpc) is 2.93. The minimum Gasteiger partial charge on any atom is -0.309 e. The van der Waals surface area contributed by atoms with Crippen LogP contribution in [0.15, 0.2) is 12.1 Å². The molecule has 1 saturated carbocycles. The molecule has 0 aliphatic heterocycles. The van der Waals surface area contributed by atoms with Gasteiger partial charge in [0.25, 0.3) is 0 Å². The fraction of sp³-hybridized carbons (Fsp3) is 0.643. The van der Waals surface area contributed by atoms with Crippen LogP contribution in [0.4, 0.5) is 0 Å². The lowest BCUT2D eigenvalue weighted by atomic mass is 9.93. The van der Waals surface area contributed by atoms with Crippen molar-refractivity contribution in [3.63, 3.8) is 0 Å². The molecule has 3 heteroatoms. The van der Waals surface area contributed by atoms with Crippen LogP contribution in [0.25, 0.3) is 0 Å². The third kappa shape index (κ3) is 2.88.